The van der Waals surface area contributed by atoms with Gasteiger partial charge in [-0.2, -0.15) is 0 Å². The molecule has 1 aliphatic heterocycles. The van der Waals surface area contributed by atoms with Crippen molar-refractivity contribution in [3.8, 4) is 0 Å². The van der Waals surface area contributed by atoms with Crippen LogP contribution >= 0.6 is 11.6 Å². The van der Waals surface area contributed by atoms with Crippen LogP contribution in [0.25, 0.3) is 0 Å². The summed E-state index contributed by atoms with van der Waals surface area (Å²) in [6.07, 6.45) is 1.53. The number of nitro benzene ring substituents is 1. The number of rotatable bonds is 3. The molecule has 2 N–H and O–H groups in total. The molecule has 18 heavy (non-hydrogen) atoms. The van der Waals surface area contributed by atoms with Crippen LogP contribution in [0, 0.1) is 16.0 Å². The topological polar surface area (TPSA) is 78.4 Å². The first-order valence-electron chi connectivity index (χ1n) is 5.84. The van der Waals surface area contributed by atoms with E-state index in [1.165, 1.54) is 12.1 Å². The van der Waals surface area contributed by atoms with Crippen molar-refractivity contribution in [1.29, 1.82) is 0 Å². The molecule has 1 aromatic rings. The van der Waals surface area contributed by atoms with Gasteiger partial charge in [-0.05, 0) is 18.4 Å². The van der Waals surface area contributed by atoms with Gasteiger partial charge in [0, 0.05) is 30.7 Å². The minimum atomic E-state index is -0.453. The molecular formula is C12H15ClN2O3. The van der Waals surface area contributed by atoms with Crippen molar-refractivity contribution in [3.05, 3.63) is 38.9 Å². The Hall–Kier alpha value is -1.17. The van der Waals surface area contributed by atoms with E-state index in [0.29, 0.717) is 24.7 Å². The minimum Gasteiger partial charge on any atom is -0.381 e. The lowest BCUT2D eigenvalue weighted by molar-refractivity contribution is -0.384. The number of non-ortho nitro benzene ring substituents is 1. The molecular weight excluding hydrogens is 256 g/mol. The smallest absolute Gasteiger partial charge is 0.270 e. The molecule has 2 atom stereocenters. The highest BCUT2D eigenvalue weighted by Gasteiger charge is 2.23. The van der Waals surface area contributed by atoms with Crippen molar-refractivity contribution in [1.82, 2.24) is 0 Å². The zero-order valence-electron chi connectivity index (χ0n) is 9.84. The number of hydrogen-bond donors (Lipinski definition) is 1. The van der Waals surface area contributed by atoms with E-state index in [4.69, 9.17) is 22.1 Å². The second-order valence-electron chi connectivity index (χ2n) is 4.52. The molecule has 1 fully saturated rings. The summed E-state index contributed by atoms with van der Waals surface area (Å²) in [7, 11) is 0. The molecule has 2 rings (SSSR count). The number of nitrogens with two attached hydrogens (primary N) is 1. The standard InChI is InChI=1S/C12H15ClN2O3/c13-11-6-10(15(16)17)2-1-8(11)5-9-7-18-4-3-12(9)14/h1-2,6,9,12H,3-5,7,14H2. The van der Waals surface area contributed by atoms with Gasteiger partial charge in [0.2, 0.25) is 0 Å². The molecule has 5 nitrogen and oxygen atoms in total. The van der Waals surface area contributed by atoms with Gasteiger partial charge in [-0.3, -0.25) is 10.1 Å². The molecule has 0 aromatic heterocycles. The normalized spacial score (nSPS) is 23.9. The van der Waals surface area contributed by atoms with E-state index in [9.17, 15) is 10.1 Å². The molecule has 0 spiro atoms. The quantitative estimate of drug-likeness (QED) is 0.674. The fraction of sp³-hybridized carbons (Fsp3) is 0.500. The van der Waals surface area contributed by atoms with Crippen LogP contribution in [0.3, 0.4) is 0 Å². The second kappa shape index (κ2) is 5.65. The van der Waals surface area contributed by atoms with Gasteiger partial charge in [0.1, 0.15) is 0 Å². The Morgan fingerprint density at radius 2 is 2.33 bits per heavy atom. The van der Waals surface area contributed by atoms with Crippen LogP contribution < -0.4 is 5.73 Å². The number of ether oxygens (including phenoxy) is 1. The fourth-order valence-corrected chi connectivity index (χ4v) is 2.37. The predicted molar refractivity (Wildman–Crippen MR) is 68.7 cm³/mol. The third kappa shape index (κ3) is 2.98. The van der Waals surface area contributed by atoms with Crippen LogP contribution in [0.15, 0.2) is 18.2 Å². The Balaban J connectivity index is 2.11. The first kappa shape index (κ1) is 13.3. The van der Waals surface area contributed by atoms with E-state index >= 15 is 0 Å². The second-order valence-corrected chi connectivity index (χ2v) is 4.93. The summed E-state index contributed by atoms with van der Waals surface area (Å²) in [5.41, 5.74) is 6.91. The van der Waals surface area contributed by atoms with Gasteiger partial charge < -0.3 is 10.5 Å². The zero-order chi connectivity index (χ0) is 13.1. The molecule has 0 radical (unpaired) electrons. The van der Waals surface area contributed by atoms with Crippen LogP contribution in [0.4, 0.5) is 5.69 Å². The molecule has 0 saturated carbocycles. The molecule has 0 bridgehead atoms. The van der Waals surface area contributed by atoms with Crippen molar-refractivity contribution < 1.29 is 9.66 Å². The first-order valence-corrected chi connectivity index (χ1v) is 6.22. The van der Waals surface area contributed by atoms with E-state index in [1.54, 1.807) is 6.07 Å². The van der Waals surface area contributed by atoms with Gasteiger partial charge in [0.15, 0.2) is 0 Å². The summed E-state index contributed by atoms with van der Waals surface area (Å²) < 4.78 is 5.40. The number of hydrogen-bond acceptors (Lipinski definition) is 4. The molecule has 0 amide bonds. The highest BCUT2D eigenvalue weighted by atomic mass is 35.5. The maximum atomic E-state index is 10.6. The van der Waals surface area contributed by atoms with E-state index < -0.39 is 4.92 Å². The van der Waals surface area contributed by atoms with Gasteiger partial charge in [-0.25, -0.2) is 0 Å². The van der Waals surface area contributed by atoms with Crippen LogP contribution in [-0.2, 0) is 11.2 Å². The number of benzene rings is 1. The van der Waals surface area contributed by atoms with Gasteiger partial charge in [-0.15, -0.1) is 0 Å². The minimum absolute atomic E-state index is 0.00735. The van der Waals surface area contributed by atoms with Crippen molar-refractivity contribution in [2.75, 3.05) is 13.2 Å². The highest BCUT2D eigenvalue weighted by Crippen LogP contribution is 2.26. The summed E-state index contributed by atoms with van der Waals surface area (Å²) in [4.78, 5) is 10.2. The van der Waals surface area contributed by atoms with E-state index in [-0.39, 0.29) is 17.6 Å². The summed E-state index contributed by atoms with van der Waals surface area (Å²) in [6, 6.07) is 4.65. The van der Waals surface area contributed by atoms with Gasteiger partial charge in [0.05, 0.1) is 16.6 Å². The van der Waals surface area contributed by atoms with E-state index in [1.807, 2.05) is 0 Å². The molecule has 98 valence electrons. The average Bonchev–Trinajstić information content (AvgIpc) is 2.34. The van der Waals surface area contributed by atoms with E-state index in [2.05, 4.69) is 0 Å². The van der Waals surface area contributed by atoms with Crippen molar-refractivity contribution >= 4 is 17.3 Å². The van der Waals surface area contributed by atoms with Crippen LogP contribution in [0.1, 0.15) is 12.0 Å². The Labute approximate surface area is 110 Å². The number of halogens is 1. The maximum Gasteiger partial charge on any atom is 0.270 e. The zero-order valence-corrected chi connectivity index (χ0v) is 10.6. The van der Waals surface area contributed by atoms with Crippen molar-refractivity contribution in [2.45, 2.75) is 18.9 Å². The van der Waals surface area contributed by atoms with Gasteiger partial charge in [-0.1, -0.05) is 17.7 Å². The molecule has 1 heterocycles. The lowest BCUT2D eigenvalue weighted by Crippen LogP contribution is -2.39. The van der Waals surface area contributed by atoms with Crippen molar-refractivity contribution in [3.63, 3.8) is 0 Å². The Kier molecular flexibility index (Phi) is 4.16. The van der Waals surface area contributed by atoms with Crippen LogP contribution in [0.2, 0.25) is 5.02 Å². The molecule has 6 heteroatoms. The number of nitro groups is 1. The fourth-order valence-electron chi connectivity index (χ4n) is 2.12. The average molecular weight is 271 g/mol. The molecule has 0 aliphatic carbocycles. The largest absolute Gasteiger partial charge is 0.381 e. The SMILES string of the molecule is NC1CCOCC1Cc1ccc([N+](=O)[O-])cc1Cl. The number of nitrogens with zero attached hydrogens (tertiary/aromatic N) is 1. The van der Waals surface area contributed by atoms with Crippen molar-refractivity contribution in [2.24, 2.45) is 11.7 Å². The maximum absolute atomic E-state index is 10.6. The summed E-state index contributed by atoms with van der Waals surface area (Å²) in [5, 5.41) is 11.0. The lowest BCUT2D eigenvalue weighted by atomic mass is 9.90. The Bertz CT molecular complexity index is 453. The van der Waals surface area contributed by atoms with Crippen LogP contribution in [-0.4, -0.2) is 24.2 Å². The molecule has 1 saturated heterocycles. The lowest BCUT2D eigenvalue weighted by Gasteiger charge is -2.28. The van der Waals surface area contributed by atoms with Gasteiger partial charge in [0.25, 0.3) is 5.69 Å². The molecule has 2 unspecified atom stereocenters. The Morgan fingerprint density at radius 1 is 1.56 bits per heavy atom. The molecule has 1 aromatic carbocycles. The highest BCUT2D eigenvalue weighted by molar-refractivity contribution is 6.31. The summed E-state index contributed by atoms with van der Waals surface area (Å²) in [6.45, 7) is 1.32. The third-order valence-electron chi connectivity index (χ3n) is 3.26. The predicted octanol–water partition coefficient (Wildman–Crippen LogP) is 2.15. The Morgan fingerprint density at radius 3 is 2.94 bits per heavy atom. The van der Waals surface area contributed by atoms with Crippen LogP contribution in [0.5, 0.6) is 0 Å². The first-order chi connectivity index (χ1) is 8.58. The van der Waals surface area contributed by atoms with Gasteiger partial charge >= 0.3 is 0 Å². The monoisotopic (exact) mass is 270 g/mol. The molecule has 1 aliphatic rings. The third-order valence-corrected chi connectivity index (χ3v) is 3.61. The summed E-state index contributed by atoms with van der Waals surface area (Å²) in [5.74, 6) is 0.220. The summed E-state index contributed by atoms with van der Waals surface area (Å²) >= 11 is 6.05. The van der Waals surface area contributed by atoms with E-state index in [0.717, 1.165) is 12.0 Å².